The Balaban J connectivity index is 1.31. The zero-order chi connectivity index (χ0) is 30.6. The van der Waals surface area contributed by atoms with Gasteiger partial charge in [0.25, 0.3) is 0 Å². The van der Waals surface area contributed by atoms with Crippen molar-refractivity contribution in [3.8, 4) is 0 Å². The molecule has 0 fully saturated rings. The van der Waals surface area contributed by atoms with Crippen molar-refractivity contribution in [2.75, 3.05) is 4.90 Å². The molecule has 220 valence electrons. The number of thiophene rings is 2. The van der Waals surface area contributed by atoms with Crippen LogP contribution in [0.25, 0.3) is 84.2 Å². The Labute approximate surface area is 276 Å². The van der Waals surface area contributed by atoms with E-state index < -0.39 is 0 Å². The number of rotatable bonds is 3. The highest BCUT2D eigenvalue weighted by Gasteiger charge is 2.26. The quantitative estimate of drug-likeness (QED) is 0.193. The van der Waals surface area contributed by atoms with Gasteiger partial charge in [-0.25, -0.2) is 0 Å². The van der Waals surface area contributed by atoms with Crippen molar-refractivity contribution in [2.45, 2.75) is 0 Å². The summed E-state index contributed by atoms with van der Waals surface area (Å²) in [6, 6.07) is 49.6. The molecule has 11 rings (SSSR count). The van der Waals surface area contributed by atoms with E-state index in [4.69, 9.17) is 8.83 Å². The number of furan rings is 2. The number of anilines is 3. The van der Waals surface area contributed by atoms with Crippen LogP contribution in [0.1, 0.15) is 0 Å². The molecule has 0 amide bonds. The first kappa shape index (κ1) is 25.6. The first-order valence-electron chi connectivity index (χ1n) is 15.7. The average molecular weight is 638 g/mol. The van der Waals surface area contributed by atoms with Crippen LogP contribution in [0.4, 0.5) is 17.1 Å². The van der Waals surface area contributed by atoms with Gasteiger partial charge in [-0.05, 0) is 48.5 Å². The van der Waals surface area contributed by atoms with Gasteiger partial charge >= 0.3 is 0 Å². The third-order valence-electron chi connectivity index (χ3n) is 9.47. The van der Waals surface area contributed by atoms with Gasteiger partial charge in [0.1, 0.15) is 11.2 Å². The molecule has 0 saturated carbocycles. The van der Waals surface area contributed by atoms with Gasteiger partial charge in [0.2, 0.25) is 0 Å². The summed E-state index contributed by atoms with van der Waals surface area (Å²) in [5, 5.41) is 9.56. The van der Waals surface area contributed by atoms with E-state index in [-0.39, 0.29) is 0 Å². The van der Waals surface area contributed by atoms with E-state index in [1.54, 1.807) is 0 Å². The second kappa shape index (κ2) is 9.46. The lowest BCUT2D eigenvalue weighted by molar-refractivity contribution is 0.666. The van der Waals surface area contributed by atoms with Gasteiger partial charge in [0, 0.05) is 61.9 Å². The second-order valence-corrected chi connectivity index (χ2v) is 14.1. The lowest BCUT2D eigenvalue weighted by atomic mass is 10.0. The maximum absolute atomic E-state index is 6.70. The molecule has 47 heavy (non-hydrogen) atoms. The molecule has 0 saturated heterocycles. The molecular weight excluding hydrogens is 615 g/mol. The Bertz CT molecular complexity index is 2930. The van der Waals surface area contributed by atoms with Gasteiger partial charge in [-0.15, -0.1) is 22.7 Å². The predicted molar refractivity (Wildman–Crippen MR) is 201 cm³/mol. The molecule has 4 heterocycles. The minimum Gasteiger partial charge on any atom is -0.454 e. The molecule has 0 aliphatic heterocycles. The van der Waals surface area contributed by atoms with Gasteiger partial charge in [-0.3, -0.25) is 0 Å². The first-order chi connectivity index (χ1) is 23.3. The summed E-state index contributed by atoms with van der Waals surface area (Å²) in [6.07, 6.45) is 0. The lowest BCUT2D eigenvalue weighted by Gasteiger charge is -2.26. The van der Waals surface area contributed by atoms with Crippen molar-refractivity contribution < 1.29 is 8.83 Å². The summed E-state index contributed by atoms with van der Waals surface area (Å²) in [5.41, 5.74) is 6.51. The average Bonchev–Trinajstić information content (AvgIpc) is 3.88. The maximum Gasteiger partial charge on any atom is 0.159 e. The van der Waals surface area contributed by atoms with Crippen LogP contribution in [-0.2, 0) is 0 Å². The number of benzene rings is 7. The molecule has 4 aromatic heterocycles. The Morgan fingerprint density at radius 1 is 0.362 bits per heavy atom. The zero-order valence-corrected chi connectivity index (χ0v) is 26.5. The molecule has 11 aromatic rings. The smallest absolute Gasteiger partial charge is 0.159 e. The molecule has 0 aliphatic carbocycles. The Morgan fingerprint density at radius 2 is 0.894 bits per heavy atom. The number of hydrogen-bond acceptors (Lipinski definition) is 5. The normalized spacial score (nSPS) is 12.3. The van der Waals surface area contributed by atoms with Crippen molar-refractivity contribution in [3.05, 3.63) is 140 Å². The molecule has 7 aromatic carbocycles. The number of nitrogens with zero attached hydrogens (tertiary/aromatic N) is 1. The van der Waals surface area contributed by atoms with Gasteiger partial charge < -0.3 is 13.7 Å². The summed E-state index contributed by atoms with van der Waals surface area (Å²) in [4.78, 5) is 2.37. The Hall–Kier alpha value is -5.62. The third-order valence-corrected chi connectivity index (χ3v) is 11.8. The summed E-state index contributed by atoms with van der Waals surface area (Å²) in [6.45, 7) is 0. The van der Waals surface area contributed by atoms with Crippen LogP contribution >= 0.6 is 22.7 Å². The van der Waals surface area contributed by atoms with E-state index in [2.05, 4.69) is 132 Å². The van der Waals surface area contributed by atoms with E-state index in [0.29, 0.717) is 0 Å². The SMILES string of the molecule is c1ccc2c(c1)oc1c(N(c3cccc4c3oc3ccccc34)c3cccc4sc5ccc6c7ccccc7sc6c5c34)cccc12. The van der Waals surface area contributed by atoms with Crippen LogP contribution in [0.2, 0.25) is 0 Å². The van der Waals surface area contributed by atoms with Crippen LogP contribution in [0.3, 0.4) is 0 Å². The van der Waals surface area contributed by atoms with E-state index in [1.165, 1.54) is 40.3 Å². The van der Waals surface area contributed by atoms with Gasteiger partial charge in [0.05, 0.1) is 17.1 Å². The molecule has 0 unspecified atom stereocenters. The highest BCUT2D eigenvalue weighted by molar-refractivity contribution is 7.29. The van der Waals surface area contributed by atoms with Crippen LogP contribution in [-0.4, -0.2) is 0 Å². The number of hydrogen-bond donors (Lipinski definition) is 0. The van der Waals surface area contributed by atoms with E-state index in [9.17, 15) is 0 Å². The minimum absolute atomic E-state index is 0.852. The third kappa shape index (κ3) is 3.50. The summed E-state index contributed by atoms with van der Waals surface area (Å²) in [5.74, 6) is 0. The monoisotopic (exact) mass is 637 g/mol. The molecular formula is C42H23NO2S2. The molecule has 0 N–H and O–H groups in total. The highest BCUT2D eigenvalue weighted by Crippen LogP contribution is 2.52. The molecule has 0 aliphatic rings. The topological polar surface area (TPSA) is 29.5 Å². The fourth-order valence-corrected chi connectivity index (χ4v) is 9.91. The predicted octanol–water partition coefficient (Wildman–Crippen LogP) is 13.7. The molecule has 0 spiro atoms. The van der Waals surface area contributed by atoms with E-state index >= 15 is 0 Å². The van der Waals surface area contributed by atoms with Gasteiger partial charge in [-0.1, -0.05) is 91.0 Å². The van der Waals surface area contributed by atoms with Crippen LogP contribution in [0.15, 0.2) is 148 Å². The second-order valence-electron chi connectivity index (χ2n) is 12.0. The van der Waals surface area contributed by atoms with Crippen molar-refractivity contribution in [2.24, 2.45) is 0 Å². The molecule has 0 atom stereocenters. The molecule has 3 nitrogen and oxygen atoms in total. The zero-order valence-electron chi connectivity index (χ0n) is 24.9. The maximum atomic E-state index is 6.70. The number of fused-ring (bicyclic) bond motifs is 13. The van der Waals surface area contributed by atoms with Gasteiger partial charge in [0.15, 0.2) is 11.2 Å². The van der Waals surface area contributed by atoms with E-state index in [1.807, 2.05) is 34.8 Å². The fourth-order valence-electron chi connectivity index (χ4n) is 7.46. The van der Waals surface area contributed by atoms with Crippen LogP contribution < -0.4 is 4.90 Å². The highest BCUT2D eigenvalue weighted by atomic mass is 32.1. The van der Waals surface area contributed by atoms with E-state index in [0.717, 1.165) is 60.9 Å². The van der Waals surface area contributed by atoms with Crippen molar-refractivity contribution in [1.29, 1.82) is 0 Å². The van der Waals surface area contributed by atoms with Crippen molar-refractivity contribution in [3.63, 3.8) is 0 Å². The molecule has 0 radical (unpaired) electrons. The first-order valence-corrected chi connectivity index (χ1v) is 17.3. The summed E-state index contributed by atoms with van der Waals surface area (Å²) >= 11 is 3.74. The summed E-state index contributed by atoms with van der Waals surface area (Å²) in [7, 11) is 0. The molecule has 5 heteroatoms. The standard InChI is InChI=1S/C42H23NO2S2/c1-4-18-33-24(10-1)27-13-7-16-31(40(27)44-33)43(32-17-8-14-28-25-11-2-5-19-34(25)45-41(28)32)30-15-9-21-36-38(30)39-37(46-36)23-22-29-26-12-3-6-20-35(26)47-42(29)39/h1-23H. The largest absolute Gasteiger partial charge is 0.454 e. The summed E-state index contributed by atoms with van der Waals surface area (Å²) < 4.78 is 18.6. The Kier molecular flexibility index (Phi) is 5.14. The van der Waals surface area contributed by atoms with Crippen LogP contribution in [0.5, 0.6) is 0 Å². The lowest BCUT2D eigenvalue weighted by Crippen LogP contribution is -2.11. The van der Waals surface area contributed by atoms with Crippen LogP contribution in [0, 0.1) is 0 Å². The Morgan fingerprint density at radius 3 is 1.60 bits per heavy atom. The van der Waals surface area contributed by atoms with Crippen molar-refractivity contribution in [1.82, 2.24) is 0 Å². The number of para-hydroxylation sites is 4. The minimum atomic E-state index is 0.852. The van der Waals surface area contributed by atoms with Gasteiger partial charge in [-0.2, -0.15) is 0 Å². The van der Waals surface area contributed by atoms with Crippen molar-refractivity contribution >= 4 is 124 Å². The molecule has 0 bridgehead atoms. The fraction of sp³-hybridized carbons (Fsp3) is 0.